The lowest BCUT2D eigenvalue weighted by Gasteiger charge is -2.12. The first-order valence-corrected chi connectivity index (χ1v) is 7.21. The van der Waals surface area contributed by atoms with Gasteiger partial charge in [0.05, 0.1) is 11.7 Å². The summed E-state index contributed by atoms with van der Waals surface area (Å²) in [6.07, 6.45) is -3.10. The van der Waals surface area contributed by atoms with E-state index in [1.807, 2.05) is 0 Å². The van der Waals surface area contributed by atoms with Crippen LogP contribution in [0.25, 0.3) is 10.9 Å². The molecule has 4 nitrogen and oxygen atoms in total. The fourth-order valence-corrected chi connectivity index (χ4v) is 2.39. The molecule has 0 saturated carbocycles. The topological polar surface area (TPSA) is 48.2 Å². The van der Waals surface area contributed by atoms with Crippen LogP contribution < -0.4 is 4.74 Å². The van der Waals surface area contributed by atoms with E-state index in [9.17, 15) is 13.2 Å². The molecule has 0 spiro atoms. The molecule has 8 heteroatoms. The second-order valence-electron chi connectivity index (χ2n) is 4.43. The summed E-state index contributed by atoms with van der Waals surface area (Å²) in [7, 11) is 0. The van der Waals surface area contributed by atoms with E-state index in [4.69, 9.17) is 9.26 Å². The van der Waals surface area contributed by atoms with Crippen LogP contribution in [0.1, 0.15) is 11.5 Å². The van der Waals surface area contributed by atoms with E-state index in [1.165, 1.54) is 12.3 Å². The van der Waals surface area contributed by atoms with Crippen molar-refractivity contribution in [1.82, 2.24) is 10.1 Å². The van der Waals surface area contributed by atoms with Crippen LogP contribution in [-0.2, 0) is 12.8 Å². The minimum absolute atomic E-state index is 0.0120. The predicted octanol–water partition coefficient (Wildman–Crippen LogP) is 4.43. The van der Waals surface area contributed by atoms with Crippen molar-refractivity contribution in [1.29, 1.82) is 0 Å². The summed E-state index contributed by atoms with van der Waals surface area (Å²) < 4.78 is 50.0. The zero-order valence-corrected chi connectivity index (χ0v) is 13.1. The van der Waals surface area contributed by atoms with Gasteiger partial charge < -0.3 is 9.26 Å². The maximum Gasteiger partial charge on any atom is 0.433 e. The minimum Gasteiger partial charge on any atom is -0.485 e. The average molecular weight is 420 g/mol. The predicted molar refractivity (Wildman–Crippen MR) is 80.3 cm³/mol. The van der Waals surface area contributed by atoms with Crippen LogP contribution in [0.2, 0.25) is 0 Å². The first kappa shape index (κ1) is 15.1. The van der Waals surface area contributed by atoms with Crippen molar-refractivity contribution in [3.63, 3.8) is 0 Å². The quantitative estimate of drug-likeness (QED) is 0.589. The average Bonchev–Trinajstić information content (AvgIpc) is 2.97. The van der Waals surface area contributed by atoms with Crippen molar-refractivity contribution in [3.8, 4) is 5.75 Å². The molecule has 0 unspecified atom stereocenters. The van der Waals surface area contributed by atoms with Crippen molar-refractivity contribution in [2.75, 3.05) is 0 Å². The van der Waals surface area contributed by atoms with Crippen molar-refractivity contribution >= 4 is 33.5 Å². The Hall–Kier alpha value is -1.84. The van der Waals surface area contributed by atoms with Crippen LogP contribution in [0.15, 0.2) is 41.1 Å². The molecule has 114 valence electrons. The summed E-state index contributed by atoms with van der Waals surface area (Å²) in [6.45, 7) is -0.0120. The number of alkyl halides is 3. The van der Waals surface area contributed by atoms with Crippen LogP contribution in [0.3, 0.4) is 0 Å². The van der Waals surface area contributed by atoms with Crippen molar-refractivity contribution in [3.05, 3.63) is 51.6 Å². The molecule has 0 aliphatic heterocycles. The maximum absolute atomic E-state index is 12.9. The van der Waals surface area contributed by atoms with Crippen molar-refractivity contribution < 1.29 is 22.4 Å². The molecule has 2 aromatic heterocycles. The molecular weight excluding hydrogens is 412 g/mol. The molecule has 0 fully saturated rings. The standard InChI is InChI=1S/C14H8F3IN2O2/c15-14(16,17)13-6-12(21-7-9-3-4-19-22-9)10-5-8(18)1-2-11(10)20-13/h1-6H,7H2. The molecule has 0 radical (unpaired) electrons. The third-order valence-corrected chi connectivity index (χ3v) is 3.56. The fraction of sp³-hybridized carbons (Fsp3) is 0.143. The number of hydrogen-bond donors (Lipinski definition) is 0. The van der Waals surface area contributed by atoms with Gasteiger partial charge in [-0.15, -0.1) is 0 Å². The molecule has 0 amide bonds. The van der Waals surface area contributed by atoms with Crippen LogP contribution in [0.4, 0.5) is 13.2 Å². The molecule has 0 N–H and O–H groups in total. The van der Waals surface area contributed by atoms with Gasteiger partial charge in [-0.3, -0.25) is 0 Å². The molecule has 3 rings (SSSR count). The van der Waals surface area contributed by atoms with Gasteiger partial charge in [0.1, 0.15) is 18.1 Å². The van der Waals surface area contributed by atoms with Crippen molar-refractivity contribution in [2.45, 2.75) is 12.8 Å². The number of fused-ring (bicyclic) bond motifs is 1. The Bertz CT molecular complexity index is 804. The van der Waals surface area contributed by atoms with Gasteiger partial charge in [0.15, 0.2) is 5.76 Å². The second kappa shape index (κ2) is 5.75. The lowest BCUT2D eigenvalue weighted by Crippen LogP contribution is -2.09. The van der Waals surface area contributed by atoms with Crippen LogP contribution in [0, 0.1) is 3.57 Å². The van der Waals surface area contributed by atoms with Crippen molar-refractivity contribution in [2.24, 2.45) is 0 Å². The zero-order valence-electron chi connectivity index (χ0n) is 10.9. The Morgan fingerprint density at radius 3 is 2.68 bits per heavy atom. The molecule has 2 heterocycles. The molecular formula is C14H8F3IN2O2. The summed E-state index contributed by atoms with van der Waals surface area (Å²) in [4.78, 5) is 3.65. The van der Waals surface area contributed by atoms with E-state index in [-0.39, 0.29) is 17.9 Å². The first-order valence-electron chi connectivity index (χ1n) is 6.13. The number of ether oxygens (including phenoxy) is 1. The SMILES string of the molecule is FC(F)(F)c1cc(OCc2ccno2)c2cc(I)ccc2n1. The summed E-state index contributed by atoms with van der Waals surface area (Å²) in [6, 6.07) is 7.43. The molecule has 0 bridgehead atoms. The molecule has 22 heavy (non-hydrogen) atoms. The molecule has 0 aliphatic carbocycles. The highest BCUT2D eigenvalue weighted by Crippen LogP contribution is 2.35. The molecule has 0 aliphatic rings. The summed E-state index contributed by atoms with van der Waals surface area (Å²) >= 11 is 2.07. The van der Waals surface area contributed by atoms with Gasteiger partial charge >= 0.3 is 6.18 Å². The van der Waals surface area contributed by atoms with E-state index in [2.05, 4.69) is 32.7 Å². The largest absolute Gasteiger partial charge is 0.485 e. The molecule has 3 aromatic rings. The number of aromatic nitrogens is 2. The smallest absolute Gasteiger partial charge is 0.433 e. The van der Waals surface area contributed by atoms with E-state index >= 15 is 0 Å². The lowest BCUT2D eigenvalue weighted by molar-refractivity contribution is -0.141. The van der Waals surface area contributed by atoms with Gasteiger partial charge in [-0.1, -0.05) is 5.16 Å². The molecule has 0 saturated heterocycles. The van der Waals surface area contributed by atoms with Gasteiger partial charge in [0.25, 0.3) is 0 Å². The first-order chi connectivity index (χ1) is 10.4. The Kier molecular flexibility index (Phi) is 3.94. The highest BCUT2D eigenvalue weighted by Gasteiger charge is 2.33. The number of rotatable bonds is 3. The summed E-state index contributed by atoms with van der Waals surface area (Å²) in [5, 5.41) is 4.03. The van der Waals surface area contributed by atoms with Gasteiger partial charge in [-0.2, -0.15) is 13.2 Å². The van der Waals surface area contributed by atoms with Crippen LogP contribution >= 0.6 is 22.6 Å². The van der Waals surface area contributed by atoms with Gasteiger partial charge in [-0.05, 0) is 40.8 Å². The lowest BCUT2D eigenvalue weighted by atomic mass is 10.2. The van der Waals surface area contributed by atoms with Gasteiger partial charge in [0.2, 0.25) is 0 Å². The number of hydrogen-bond acceptors (Lipinski definition) is 4. The third-order valence-electron chi connectivity index (χ3n) is 2.88. The molecule has 0 atom stereocenters. The Labute approximate surface area is 136 Å². The van der Waals surface area contributed by atoms with E-state index < -0.39 is 11.9 Å². The van der Waals surface area contributed by atoms with E-state index in [1.54, 1.807) is 18.2 Å². The number of benzene rings is 1. The molecule has 1 aromatic carbocycles. The fourth-order valence-electron chi connectivity index (χ4n) is 1.90. The monoisotopic (exact) mass is 420 g/mol. The van der Waals surface area contributed by atoms with E-state index in [0.29, 0.717) is 11.1 Å². The highest BCUT2D eigenvalue weighted by atomic mass is 127. The Morgan fingerprint density at radius 2 is 2.00 bits per heavy atom. The Morgan fingerprint density at radius 1 is 1.18 bits per heavy atom. The van der Waals surface area contributed by atoms with Crippen LogP contribution in [-0.4, -0.2) is 10.1 Å². The highest BCUT2D eigenvalue weighted by molar-refractivity contribution is 14.1. The Balaban J connectivity index is 2.06. The normalized spacial score (nSPS) is 11.8. The van der Waals surface area contributed by atoms with E-state index in [0.717, 1.165) is 9.64 Å². The maximum atomic E-state index is 12.9. The number of nitrogens with zero attached hydrogens (tertiary/aromatic N) is 2. The minimum atomic E-state index is -4.54. The third kappa shape index (κ3) is 3.16. The number of halogens is 4. The second-order valence-corrected chi connectivity index (χ2v) is 5.68. The van der Waals surface area contributed by atoms with Crippen LogP contribution in [0.5, 0.6) is 5.75 Å². The van der Waals surface area contributed by atoms with Gasteiger partial charge in [0, 0.05) is 21.1 Å². The summed E-state index contributed by atoms with van der Waals surface area (Å²) in [5.74, 6) is 0.524. The number of pyridine rings is 1. The zero-order chi connectivity index (χ0) is 15.7. The summed E-state index contributed by atoms with van der Waals surface area (Å²) in [5.41, 5.74) is -0.767. The van der Waals surface area contributed by atoms with Gasteiger partial charge in [-0.25, -0.2) is 4.98 Å².